The maximum atomic E-state index is 10.9. The van der Waals surface area contributed by atoms with Crippen molar-refractivity contribution in [2.45, 2.75) is 25.0 Å². The molecule has 0 aromatic heterocycles. The van der Waals surface area contributed by atoms with Crippen LogP contribution in [0.2, 0.25) is 0 Å². The van der Waals surface area contributed by atoms with Crippen LogP contribution >= 0.6 is 11.8 Å². The van der Waals surface area contributed by atoms with Gasteiger partial charge in [-0.25, -0.2) is 0 Å². The molecule has 2 unspecified atom stereocenters. The Morgan fingerprint density at radius 1 is 1.79 bits per heavy atom. The summed E-state index contributed by atoms with van der Waals surface area (Å²) in [4.78, 5) is 10.9. The third-order valence-corrected chi connectivity index (χ3v) is 3.33. The van der Waals surface area contributed by atoms with Gasteiger partial charge in [-0.2, -0.15) is 11.8 Å². The number of methoxy groups -OCH3 is 1. The molecule has 4 nitrogen and oxygen atoms in total. The average Bonchev–Trinajstić information content (AvgIpc) is 2.69. The lowest BCUT2D eigenvalue weighted by Crippen LogP contribution is -2.34. The molecule has 1 aliphatic rings. The number of carbonyl (C=O) groups excluding carboxylic acids is 1. The molecular formula is C9H17NO3S. The molecule has 1 aliphatic heterocycles. The molecule has 1 rings (SSSR count). The first-order valence-corrected chi connectivity index (χ1v) is 5.92. The summed E-state index contributed by atoms with van der Waals surface area (Å²) < 4.78 is 9.97. The van der Waals surface area contributed by atoms with Gasteiger partial charge in [0.25, 0.3) is 0 Å². The molecule has 0 aromatic carbocycles. The van der Waals surface area contributed by atoms with Gasteiger partial charge in [0.1, 0.15) is 6.04 Å². The Hall–Kier alpha value is -0.260. The highest BCUT2D eigenvalue weighted by Crippen LogP contribution is 2.17. The largest absolute Gasteiger partial charge is 0.468 e. The molecule has 1 heterocycles. The lowest BCUT2D eigenvalue weighted by atomic mass is 10.3. The average molecular weight is 219 g/mol. The van der Waals surface area contributed by atoms with Gasteiger partial charge in [-0.05, 0) is 12.8 Å². The van der Waals surface area contributed by atoms with E-state index in [1.165, 1.54) is 7.11 Å². The normalized spacial score (nSPS) is 23.4. The molecule has 5 heteroatoms. The molecule has 0 saturated carbocycles. The minimum Gasteiger partial charge on any atom is -0.468 e. The van der Waals surface area contributed by atoms with Gasteiger partial charge < -0.3 is 15.2 Å². The second kappa shape index (κ2) is 6.27. The molecule has 0 spiro atoms. The molecule has 0 radical (unpaired) electrons. The lowest BCUT2D eigenvalue weighted by molar-refractivity contribution is -0.141. The van der Waals surface area contributed by atoms with Crippen LogP contribution in [-0.2, 0) is 14.3 Å². The highest BCUT2D eigenvalue weighted by molar-refractivity contribution is 7.99. The summed E-state index contributed by atoms with van der Waals surface area (Å²) in [6, 6.07) is -0.508. The zero-order valence-electron chi connectivity index (χ0n) is 8.40. The minimum absolute atomic E-state index is 0.343. The monoisotopic (exact) mass is 219 g/mol. The van der Waals surface area contributed by atoms with Crippen LogP contribution in [0.4, 0.5) is 0 Å². The summed E-state index contributed by atoms with van der Waals surface area (Å²) >= 11 is 1.65. The standard InChI is InChI=1S/C9H17NO3S/c1-12-9(11)8(10)6-14-5-7-3-2-4-13-7/h7-8H,2-6,10H2,1H3. The molecule has 0 bridgehead atoms. The Kier molecular flexibility index (Phi) is 5.29. The van der Waals surface area contributed by atoms with Crippen LogP contribution in [0.15, 0.2) is 0 Å². The van der Waals surface area contributed by atoms with Crippen LogP contribution in [0, 0.1) is 0 Å². The Morgan fingerprint density at radius 2 is 2.57 bits per heavy atom. The first kappa shape index (κ1) is 11.8. The first-order valence-electron chi connectivity index (χ1n) is 4.76. The fraction of sp³-hybridized carbons (Fsp3) is 0.889. The third-order valence-electron chi connectivity index (χ3n) is 2.13. The maximum absolute atomic E-state index is 10.9. The Balaban J connectivity index is 2.05. The third kappa shape index (κ3) is 3.86. The van der Waals surface area contributed by atoms with E-state index in [-0.39, 0.29) is 5.97 Å². The van der Waals surface area contributed by atoms with Crippen LogP contribution in [0.5, 0.6) is 0 Å². The molecule has 82 valence electrons. The van der Waals surface area contributed by atoms with E-state index in [9.17, 15) is 4.79 Å². The Labute approximate surface area is 88.5 Å². The van der Waals surface area contributed by atoms with E-state index in [0.29, 0.717) is 11.9 Å². The predicted octanol–water partition coefficient (Wildman–Crippen LogP) is 0.399. The molecular weight excluding hydrogens is 202 g/mol. The number of carbonyl (C=O) groups is 1. The molecule has 14 heavy (non-hydrogen) atoms. The molecule has 1 saturated heterocycles. The lowest BCUT2D eigenvalue weighted by Gasteiger charge is -2.11. The quantitative estimate of drug-likeness (QED) is 0.678. The van der Waals surface area contributed by atoms with E-state index in [0.717, 1.165) is 25.2 Å². The van der Waals surface area contributed by atoms with Gasteiger partial charge in [-0.1, -0.05) is 0 Å². The van der Waals surface area contributed by atoms with Crippen molar-refractivity contribution in [3.8, 4) is 0 Å². The number of thioether (sulfide) groups is 1. The summed E-state index contributed by atoms with van der Waals surface area (Å²) in [7, 11) is 1.35. The molecule has 0 aliphatic carbocycles. The zero-order valence-corrected chi connectivity index (χ0v) is 9.22. The van der Waals surface area contributed by atoms with E-state index in [1.807, 2.05) is 0 Å². The number of esters is 1. The summed E-state index contributed by atoms with van der Waals surface area (Å²) in [5.74, 6) is 1.18. The van der Waals surface area contributed by atoms with Crippen molar-refractivity contribution in [1.82, 2.24) is 0 Å². The molecule has 2 N–H and O–H groups in total. The number of hydrogen-bond donors (Lipinski definition) is 1. The highest BCUT2D eigenvalue weighted by atomic mass is 32.2. The second-order valence-corrected chi connectivity index (χ2v) is 4.38. The maximum Gasteiger partial charge on any atom is 0.323 e. The number of ether oxygens (including phenoxy) is 2. The minimum atomic E-state index is -0.508. The van der Waals surface area contributed by atoms with E-state index < -0.39 is 6.04 Å². The van der Waals surface area contributed by atoms with E-state index in [1.54, 1.807) is 11.8 Å². The van der Waals surface area contributed by atoms with Crippen LogP contribution < -0.4 is 5.73 Å². The van der Waals surface area contributed by atoms with Crippen LogP contribution in [-0.4, -0.2) is 43.3 Å². The van der Waals surface area contributed by atoms with Crippen LogP contribution in [0.1, 0.15) is 12.8 Å². The number of nitrogens with two attached hydrogens (primary N) is 1. The van der Waals surface area contributed by atoms with E-state index in [4.69, 9.17) is 10.5 Å². The number of hydrogen-bond acceptors (Lipinski definition) is 5. The first-order chi connectivity index (χ1) is 6.74. The van der Waals surface area contributed by atoms with E-state index >= 15 is 0 Å². The van der Waals surface area contributed by atoms with Crippen LogP contribution in [0.25, 0.3) is 0 Å². The molecule has 1 fully saturated rings. The summed E-state index contributed by atoms with van der Waals surface area (Å²) in [6.45, 7) is 0.869. The van der Waals surface area contributed by atoms with Crippen molar-refractivity contribution >= 4 is 17.7 Å². The van der Waals surface area contributed by atoms with Gasteiger partial charge in [-0.3, -0.25) is 4.79 Å². The van der Waals surface area contributed by atoms with Crippen molar-refractivity contribution in [2.24, 2.45) is 5.73 Å². The summed E-state index contributed by atoms with van der Waals surface area (Å²) in [6.07, 6.45) is 2.62. The van der Waals surface area contributed by atoms with Crippen molar-refractivity contribution in [2.75, 3.05) is 25.2 Å². The summed E-state index contributed by atoms with van der Waals surface area (Å²) in [5, 5.41) is 0. The fourth-order valence-corrected chi connectivity index (χ4v) is 2.37. The van der Waals surface area contributed by atoms with Gasteiger partial charge in [0.15, 0.2) is 0 Å². The van der Waals surface area contributed by atoms with E-state index in [2.05, 4.69) is 4.74 Å². The molecule has 2 atom stereocenters. The van der Waals surface area contributed by atoms with Crippen molar-refractivity contribution < 1.29 is 14.3 Å². The van der Waals surface area contributed by atoms with Gasteiger partial charge >= 0.3 is 5.97 Å². The second-order valence-electron chi connectivity index (χ2n) is 3.30. The fourth-order valence-electron chi connectivity index (χ4n) is 1.32. The van der Waals surface area contributed by atoms with Gasteiger partial charge in [-0.15, -0.1) is 0 Å². The highest BCUT2D eigenvalue weighted by Gasteiger charge is 2.18. The van der Waals surface area contributed by atoms with Crippen molar-refractivity contribution in [1.29, 1.82) is 0 Å². The SMILES string of the molecule is COC(=O)C(N)CSCC1CCCO1. The Morgan fingerprint density at radius 3 is 3.14 bits per heavy atom. The Bertz CT molecular complexity index is 183. The predicted molar refractivity (Wildman–Crippen MR) is 56.3 cm³/mol. The van der Waals surface area contributed by atoms with Gasteiger partial charge in [0.05, 0.1) is 13.2 Å². The molecule has 0 aromatic rings. The molecule has 0 amide bonds. The van der Waals surface area contributed by atoms with Crippen molar-refractivity contribution in [3.05, 3.63) is 0 Å². The number of rotatable bonds is 5. The zero-order chi connectivity index (χ0) is 10.4. The smallest absolute Gasteiger partial charge is 0.323 e. The summed E-state index contributed by atoms with van der Waals surface area (Å²) in [5.41, 5.74) is 5.58. The topological polar surface area (TPSA) is 61.5 Å². The van der Waals surface area contributed by atoms with Gasteiger partial charge in [0, 0.05) is 18.1 Å². The van der Waals surface area contributed by atoms with Crippen molar-refractivity contribution in [3.63, 3.8) is 0 Å². The van der Waals surface area contributed by atoms with Gasteiger partial charge in [0.2, 0.25) is 0 Å². The van der Waals surface area contributed by atoms with Crippen LogP contribution in [0.3, 0.4) is 0 Å².